The first-order valence-electron chi connectivity index (χ1n) is 3.86. The summed E-state index contributed by atoms with van der Waals surface area (Å²) >= 11 is 2.01. The molecule has 0 N–H and O–H groups in total. The van der Waals surface area contributed by atoms with E-state index in [9.17, 15) is 4.39 Å². The summed E-state index contributed by atoms with van der Waals surface area (Å²) in [6, 6.07) is 3.12. The van der Waals surface area contributed by atoms with Gasteiger partial charge in [-0.2, -0.15) is 0 Å². The third-order valence-corrected chi connectivity index (χ3v) is 2.41. The van der Waals surface area contributed by atoms with Gasteiger partial charge >= 0.3 is 0 Å². The van der Waals surface area contributed by atoms with Crippen LogP contribution in [-0.4, -0.2) is 15.0 Å². The van der Waals surface area contributed by atoms with E-state index in [-0.39, 0.29) is 5.82 Å². The van der Waals surface area contributed by atoms with Gasteiger partial charge in [-0.05, 0) is 34.7 Å². The lowest BCUT2D eigenvalue weighted by atomic mass is 10.3. The van der Waals surface area contributed by atoms with E-state index in [2.05, 4.69) is 15.0 Å². The highest BCUT2D eigenvalue weighted by Gasteiger charge is 2.07. The molecule has 0 saturated heterocycles. The minimum absolute atomic E-state index is 0.353. The maximum absolute atomic E-state index is 12.8. The van der Waals surface area contributed by atoms with E-state index >= 15 is 0 Å². The molecule has 0 fully saturated rings. The molecule has 0 aliphatic heterocycles. The number of halogens is 2. The minimum Gasteiger partial charge on any atom is -0.249 e. The Morgan fingerprint density at radius 3 is 2.50 bits per heavy atom. The maximum Gasteiger partial charge on any atom is 0.179 e. The van der Waals surface area contributed by atoms with Gasteiger partial charge in [-0.15, -0.1) is 0 Å². The SMILES string of the molecule is Fc1cnc(-c2ncccn2)c(I)c1. The standard InChI is InChI=1S/C9H5FIN3/c10-6-4-7(11)8(14-5-6)9-12-2-1-3-13-9/h1-5H. The van der Waals surface area contributed by atoms with Crippen LogP contribution in [0.25, 0.3) is 11.5 Å². The number of rotatable bonds is 1. The predicted octanol–water partition coefficient (Wildman–Crippen LogP) is 2.28. The molecule has 70 valence electrons. The molecule has 2 rings (SSSR count). The first-order valence-corrected chi connectivity index (χ1v) is 4.93. The number of hydrogen-bond acceptors (Lipinski definition) is 3. The van der Waals surface area contributed by atoms with Crippen molar-refractivity contribution in [2.75, 3.05) is 0 Å². The zero-order chi connectivity index (χ0) is 9.97. The van der Waals surface area contributed by atoms with Gasteiger partial charge < -0.3 is 0 Å². The fourth-order valence-corrected chi connectivity index (χ4v) is 1.68. The number of aromatic nitrogens is 3. The van der Waals surface area contributed by atoms with Crippen LogP contribution in [-0.2, 0) is 0 Å². The zero-order valence-corrected chi connectivity index (χ0v) is 9.14. The van der Waals surface area contributed by atoms with Crippen LogP contribution in [0, 0.1) is 9.39 Å². The van der Waals surface area contributed by atoms with Crippen molar-refractivity contribution in [3.05, 3.63) is 40.1 Å². The van der Waals surface area contributed by atoms with Crippen molar-refractivity contribution in [3.8, 4) is 11.5 Å². The van der Waals surface area contributed by atoms with Crippen molar-refractivity contribution in [1.29, 1.82) is 0 Å². The Morgan fingerprint density at radius 1 is 1.14 bits per heavy atom. The number of pyridine rings is 1. The second kappa shape index (κ2) is 3.95. The summed E-state index contributed by atoms with van der Waals surface area (Å²) in [4.78, 5) is 12.0. The lowest BCUT2D eigenvalue weighted by molar-refractivity contribution is 0.620. The summed E-state index contributed by atoms with van der Waals surface area (Å²) in [5.41, 5.74) is 0.604. The number of nitrogens with zero attached hydrogens (tertiary/aromatic N) is 3. The van der Waals surface area contributed by atoms with E-state index in [1.54, 1.807) is 18.5 Å². The second-order valence-corrected chi connectivity index (χ2v) is 3.72. The monoisotopic (exact) mass is 301 g/mol. The van der Waals surface area contributed by atoms with Gasteiger partial charge in [0.15, 0.2) is 5.82 Å². The van der Waals surface area contributed by atoms with Crippen molar-refractivity contribution in [2.45, 2.75) is 0 Å². The van der Waals surface area contributed by atoms with E-state index in [1.807, 2.05) is 22.6 Å². The Labute approximate surface area is 93.6 Å². The Balaban J connectivity index is 2.53. The summed E-state index contributed by atoms with van der Waals surface area (Å²) in [6.07, 6.45) is 4.42. The van der Waals surface area contributed by atoms with Gasteiger partial charge in [0.2, 0.25) is 0 Å². The quantitative estimate of drug-likeness (QED) is 0.759. The molecule has 0 spiro atoms. The smallest absolute Gasteiger partial charge is 0.179 e. The predicted molar refractivity (Wildman–Crippen MR) is 57.9 cm³/mol. The lowest BCUT2D eigenvalue weighted by Crippen LogP contribution is -1.94. The number of hydrogen-bond donors (Lipinski definition) is 0. The molecule has 2 aromatic rings. The highest BCUT2D eigenvalue weighted by molar-refractivity contribution is 14.1. The molecule has 0 atom stereocenters. The van der Waals surface area contributed by atoms with Crippen LogP contribution < -0.4 is 0 Å². The van der Waals surface area contributed by atoms with Crippen LogP contribution in [0.5, 0.6) is 0 Å². The molecule has 2 heterocycles. The average molecular weight is 301 g/mol. The van der Waals surface area contributed by atoms with Crippen LogP contribution in [0.3, 0.4) is 0 Å². The third-order valence-electron chi connectivity index (χ3n) is 1.59. The molecule has 0 aliphatic carbocycles. The summed E-state index contributed by atoms with van der Waals surface area (Å²) in [6.45, 7) is 0. The molecule has 0 bridgehead atoms. The van der Waals surface area contributed by atoms with Crippen molar-refractivity contribution in [3.63, 3.8) is 0 Å². The van der Waals surface area contributed by atoms with Gasteiger partial charge in [-0.25, -0.2) is 19.3 Å². The Morgan fingerprint density at radius 2 is 1.86 bits per heavy atom. The van der Waals surface area contributed by atoms with Crippen LogP contribution in [0.4, 0.5) is 4.39 Å². The molecule has 0 aromatic carbocycles. The molecule has 3 nitrogen and oxygen atoms in total. The van der Waals surface area contributed by atoms with E-state index in [0.717, 1.165) is 6.20 Å². The van der Waals surface area contributed by atoms with Crippen molar-refractivity contribution < 1.29 is 4.39 Å². The summed E-state index contributed by atoms with van der Waals surface area (Å²) in [5, 5.41) is 0. The van der Waals surface area contributed by atoms with Gasteiger partial charge in [0, 0.05) is 16.0 Å². The average Bonchev–Trinajstić information content (AvgIpc) is 2.19. The highest BCUT2D eigenvalue weighted by atomic mass is 127. The molecule has 2 aromatic heterocycles. The summed E-state index contributed by atoms with van der Waals surface area (Å²) in [7, 11) is 0. The van der Waals surface area contributed by atoms with Gasteiger partial charge in [-0.1, -0.05) is 0 Å². The minimum atomic E-state index is -0.353. The topological polar surface area (TPSA) is 38.7 Å². The largest absolute Gasteiger partial charge is 0.249 e. The Kier molecular flexibility index (Phi) is 2.67. The fraction of sp³-hybridized carbons (Fsp3) is 0. The molecule has 0 aliphatic rings. The van der Waals surface area contributed by atoms with Crippen molar-refractivity contribution >= 4 is 22.6 Å². The molecule has 14 heavy (non-hydrogen) atoms. The van der Waals surface area contributed by atoms with E-state index in [0.29, 0.717) is 15.1 Å². The first-order chi connectivity index (χ1) is 6.77. The van der Waals surface area contributed by atoms with Crippen molar-refractivity contribution in [2.24, 2.45) is 0 Å². The normalized spacial score (nSPS) is 10.1. The van der Waals surface area contributed by atoms with Gasteiger partial charge in [0.05, 0.1) is 6.20 Å². The van der Waals surface area contributed by atoms with E-state index in [1.165, 1.54) is 6.07 Å². The van der Waals surface area contributed by atoms with E-state index < -0.39 is 0 Å². The molecule has 5 heteroatoms. The van der Waals surface area contributed by atoms with E-state index in [4.69, 9.17) is 0 Å². The van der Waals surface area contributed by atoms with Crippen LogP contribution in [0.2, 0.25) is 0 Å². The molecule has 0 saturated carbocycles. The van der Waals surface area contributed by atoms with Crippen molar-refractivity contribution in [1.82, 2.24) is 15.0 Å². The van der Waals surface area contributed by atoms with Gasteiger partial charge in [0.25, 0.3) is 0 Å². The Bertz CT molecular complexity index is 447. The van der Waals surface area contributed by atoms with Gasteiger partial charge in [-0.3, -0.25) is 0 Å². The van der Waals surface area contributed by atoms with Crippen LogP contribution in [0.1, 0.15) is 0 Å². The summed E-state index contributed by atoms with van der Waals surface area (Å²) < 4.78 is 13.5. The van der Waals surface area contributed by atoms with Crippen LogP contribution in [0.15, 0.2) is 30.7 Å². The van der Waals surface area contributed by atoms with Crippen LogP contribution >= 0.6 is 22.6 Å². The molecular formula is C9H5FIN3. The lowest BCUT2D eigenvalue weighted by Gasteiger charge is -2.00. The molecule has 0 radical (unpaired) electrons. The Hall–Kier alpha value is -1.11. The molecular weight excluding hydrogens is 296 g/mol. The first kappa shape index (κ1) is 9.45. The van der Waals surface area contributed by atoms with Gasteiger partial charge in [0.1, 0.15) is 11.5 Å². The molecule has 0 amide bonds. The molecule has 0 unspecified atom stereocenters. The second-order valence-electron chi connectivity index (χ2n) is 2.56. The maximum atomic E-state index is 12.8. The summed E-state index contributed by atoms with van der Waals surface area (Å²) in [5.74, 6) is 0.158. The highest BCUT2D eigenvalue weighted by Crippen LogP contribution is 2.19. The zero-order valence-electron chi connectivity index (χ0n) is 6.98. The third kappa shape index (κ3) is 1.87. The fourth-order valence-electron chi connectivity index (χ4n) is 1.00.